The maximum absolute atomic E-state index is 14.6. The standard InChI is InChI=1S/C20H18FNO5/c1-2-9-27-16-8-7-15(21)18-19(16)22(11-17(24)25)10-14(20(18)26)12-3-5-13(23)6-4-12/h3-8,10,23H,2,9,11H2,1H3,(H,24,25). The molecule has 6 nitrogen and oxygen atoms in total. The number of halogens is 1. The topological polar surface area (TPSA) is 88.8 Å². The van der Waals surface area contributed by atoms with E-state index in [0.29, 0.717) is 18.6 Å². The summed E-state index contributed by atoms with van der Waals surface area (Å²) in [7, 11) is 0. The molecular weight excluding hydrogens is 353 g/mol. The van der Waals surface area contributed by atoms with Crippen LogP contribution in [0.25, 0.3) is 22.0 Å². The summed E-state index contributed by atoms with van der Waals surface area (Å²) in [6.07, 6.45) is 2.08. The van der Waals surface area contributed by atoms with Gasteiger partial charge in [-0.3, -0.25) is 9.59 Å². The second kappa shape index (κ2) is 7.49. The van der Waals surface area contributed by atoms with Crippen molar-refractivity contribution in [3.05, 3.63) is 58.6 Å². The fraction of sp³-hybridized carbons (Fsp3) is 0.200. The van der Waals surface area contributed by atoms with Crippen molar-refractivity contribution in [3.8, 4) is 22.6 Å². The van der Waals surface area contributed by atoms with Gasteiger partial charge in [-0.2, -0.15) is 0 Å². The van der Waals surface area contributed by atoms with Gasteiger partial charge in [0.05, 0.1) is 17.5 Å². The Morgan fingerprint density at radius 1 is 1.19 bits per heavy atom. The van der Waals surface area contributed by atoms with E-state index >= 15 is 0 Å². The minimum absolute atomic E-state index is 0.0202. The number of benzene rings is 2. The summed E-state index contributed by atoms with van der Waals surface area (Å²) < 4.78 is 21.5. The van der Waals surface area contributed by atoms with Gasteiger partial charge in [0.15, 0.2) is 5.43 Å². The first-order valence-electron chi connectivity index (χ1n) is 8.42. The molecule has 0 fully saturated rings. The summed E-state index contributed by atoms with van der Waals surface area (Å²) in [6, 6.07) is 8.36. The smallest absolute Gasteiger partial charge is 0.323 e. The molecule has 7 heteroatoms. The van der Waals surface area contributed by atoms with Crippen LogP contribution in [0.4, 0.5) is 4.39 Å². The van der Waals surface area contributed by atoms with E-state index in [0.717, 1.165) is 6.07 Å². The highest BCUT2D eigenvalue weighted by atomic mass is 19.1. The molecule has 27 heavy (non-hydrogen) atoms. The number of carboxylic acid groups (broad SMARTS) is 1. The van der Waals surface area contributed by atoms with E-state index in [2.05, 4.69) is 0 Å². The van der Waals surface area contributed by atoms with Crippen molar-refractivity contribution in [3.63, 3.8) is 0 Å². The number of aliphatic carboxylic acids is 1. The fourth-order valence-electron chi connectivity index (χ4n) is 2.91. The Morgan fingerprint density at radius 3 is 2.52 bits per heavy atom. The first-order valence-corrected chi connectivity index (χ1v) is 8.42. The number of ether oxygens (including phenoxy) is 1. The van der Waals surface area contributed by atoms with E-state index in [9.17, 15) is 24.2 Å². The van der Waals surface area contributed by atoms with Crippen molar-refractivity contribution in [2.24, 2.45) is 0 Å². The fourth-order valence-corrected chi connectivity index (χ4v) is 2.91. The lowest BCUT2D eigenvalue weighted by Gasteiger charge is -2.16. The minimum Gasteiger partial charge on any atom is -0.508 e. The molecule has 140 valence electrons. The number of phenols is 1. The quantitative estimate of drug-likeness (QED) is 0.693. The predicted molar refractivity (Wildman–Crippen MR) is 98.7 cm³/mol. The van der Waals surface area contributed by atoms with Gasteiger partial charge < -0.3 is 19.5 Å². The molecule has 1 aromatic heterocycles. The van der Waals surface area contributed by atoms with Gasteiger partial charge in [0.25, 0.3) is 0 Å². The van der Waals surface area contributed by atoms with Gasteiger partial charge >= 0.3 is 5.97 Å². The summed E-state index contributed by atoms with van der Waals surface area (Å²) >= 11 is 0. The summed E-state index contributed by atoms with van der Waals surface area (Å²) in [5, 5.41) is 18.5. The Hall–Kier alpha value is -3.35. The largest absolute Gasteiger partial charge is 0.508 e. The van der Waals surface area contributed by atoms with Gasteiger partial charge in [0.1, 0.15) is 23.9 Å². The van der Waals surface area contributed by atoms with Crippen LogP contribution in [0.15, 0.2) is 47.4 Å². The third-order valence-electron chi connectivity index (χ3n) is 4.08. The maximum atomic E-state index is 14.6. The molecule has 0 atom stereocenters. The molecule has 0 amide bonds. The van der Waals surface area contributed by atoms with E-state index in [1.807, 2.05) is 6.92 Å². The molecule has 0 saturated carbocycles. The Morgan fingerprint density at radius 2 is 1.89 bits per heavy atom. The van der Waals surface area contributed by atoms with Crippen LogP contribution in [0.5, 0.6) is 11.5 Å². The lowest BCUT2D eigenvalue weighted by atomic mass is 10.0. The van der Waals surface area contributed by atoms with Crippen LogP contribution in [0.3, 0.4) is 0 Å². The molecule has 0 aliphatic carbocycles. The third-order valence-corrected chi connectivity index (χ3v) is 4.08. The highest BCUT2D eigenvalue weighted by molar-refractivity contribution is 5.90. The van der Waals surface area contributed by atoms with Crippen molar-refractivity contribution >= 4 is 16.9 Å². The molecule has 0 aliphatic rings. The number of hydrogen-bond donors (Lipinski definition) is 2. The molecule has 1 heterocycles. The van der Waals surface area contributed by atoms with Crippen molar-refractivity contribution < 1.29 is 24.1 Å². The number of nitrogens with zero attached hydrogens (tertiary/aromatic N) is 1. The Kier molecular flexibility index (Phi) is 5.12. The number of pyridine rings is 1. The van der Waals surface area contributed by atoms with Crippen LogP contribution < -0.4 is 10.2 Å². The molecule has 2 aromatic carbocycles. The molecule has 2 N–H and O–H groups in total. The average molecular weight is 371 g/mol. The Bertz CT molecular complexity index is 1060. The Balaban J connectivity index is 2.36. The molecular formula is C20H18FNO5. The number of carboxylic acids is 1. The summed E-state index contributed by atoms with van der Waals surface area (Å²) in [6.45, 7) is 1.79. The van der Waals surface area contributed by atoms with Crippen molar-refractivity contribution in [1.82, 2.24) is 4.57 Å². The lowest BCUT2D eigenvalue weighted by Crippen LogP contribution is -2.18. The summed E-state index contributed by atoms with van der Waals surface area (Å²) in [4.78, 5) is 24.3. The van der Waals surface area contributed by atoms with E-state index in [1.54, 1.807) is 0 Å². The van der Waals surface area contributed by atoms with Crippen LogP contribution in [-0.4, -0.2) is 27.4 Å². The number of aromatic hydroxyl groups is 1. The van der Waals surface area contributed by atoms with E-state index in [4.69, 9.17) is 4.74 Å². The molecule has 0 radical (unpaired) electrons. The van der Waals surface area contributed by atoms with E-state index in [-0.39, 0.29) is 28.0 Å². The zero-order chi connectivity index (χ0) is 19.6. The zero-order valence-corrected chi connectivity index (χ0v) is 14.6. The van der Waals surface area contributed by atoms with Crippen molar-refractivity contribution in [2.75, 3.05) is 6.61 Å². The molecule has 0 bridgehead atoms. The monoisotopic (exact) mass is 371 g/mol. The van der Waals surface area contributed by atoms with Gasteiger partial charge in [0.2, 0.25) is 0 Å². The highest BCUT2D eigenvalue weighted by Gasteiger charge is 2.19. The second-order valence-electron chi connectivity index (χ2n) is 6.06. The average Bonchev–Trinajstić information content (AvgIpc) is 2.63. The van der Waals surface area contributed by atoms with Gasteiger partial charge in [0, 0.05) is 11.8 Å². The van der Waals surface area contributed by atoms with Crippen LogP contribution in [0.1, 0.15) is 13.3 Å². The maximum Gasteiger partial charge on any atom is 0.323 e. The van der Waals surface area contributed by atoms with Crippen molar-refractivity contribution in [2.45, 2.75) is 19.9 Å². The summed E-state index contributed by atoms with van der Waals surface area (Å²) in [5.74, 6) is -1.61. The Labute approximate surface area is 154 Å². The number of phenolic OH excluding ortho intramolecular Hbond substituents is 1. The predicted octanol–water partition coefficient (Wildman–Crippen LogP) is 3.39. The van der Waals surface area contributed by atoms with Gasteiger partial charge in [-0.25, -0.2) is 4.39 Å². The first-order chi connectivity index (χ1) is 12.9. The molecule has 0 spiro atoms. The molecule has 3 rings (SSSR count). The van der Waals surface area contributed by atoms with E-state index in [1.165, 1.54) is 41.1 Å². The second-order valence-corrected chi connectivity index (χ2v) is 6.06. The van der Waals surface area contributed by atoms with Gasteiger partial charge in [-0.15, -0.1) is 0 Å². The number of carbonyl (C=O) groups is 1. The SMILES string of the molecule is CCCOc1ccc(F)c2c(=O)c(-c3ccc(O)cc3)cn(CC(=O)O)c12. The van der Waals surface area contributed by atoms with Crippen LogP contribution in [0, 0.1) is 5.82 Å². The number of rotatable bonds is 6. The first kappa shape index (κ1) is 18.4. The molecule has 3 aromatic rings. The van der Waals surface area contributed by atoms with E-state index < -0.39 is 23.8 Å². The highest BCUT2D eigenvalue weighted by Crippen LogP contribution is 2.29. The lowest BCUT2D eigenvalue weighted by molar-refractivity contribution is -0.137. The third kappa shape index (κ3) is 3.62. The number of aromatic nitrogens is 1. The normalized spacial score (nSPS) is 10.9. The van der Waals surface area contributed by atoms with Crippen LogP contribution in [0.2, 0.25) is 0 Å². The summed E-state index contributed by atoms with van der Waals surface area (Å²) in [5.41, 5.74) is 0.114. The number of hydrogen-bond acceptors (Lipinski definition) is 4. The minimum atomic E-state index is -1.14. The molecule has 0 saturated heterocycles. The van der Waals surface area contributed by atoms with Crippen LogP contribution >= 0.6 is 0 Å². The van der Waals surface area contributed by atoms with Gasteiger partial charge in [-0.1, -0.05) is 19.1 Å². The molecule has 0 unspecified atom stereocenters. The van der Waals surface area contributed by atoms with Crippen LogP contribution in [-0.2, 0) is 11.3 Å². The molecule has 0 aliphatic heterocycles. The van der Waals surface area contributed by atoms with Crippen molar-refractivity contribution in [1.29, 1.82) is 0 Å². The zero-order valence-electron chi connectivity index (χ0n) is 14.6. The number of fused-ring (bicyclic) bond motifs is 1. The van der Waals surface area contributed by atoms with Gasteiger partial charge in [-0.05, 0) is 36.2 Å².